The van der Waals surface area contributed by atoms with Crippen LogP contribution in [0, 0.1) is 5.82 Å². The van der Waals surface area contributed by atoms with Gasteiger partial charge in [0.1, 0.15) is 10.7 Å². The first-order chi connectivity index (χ1) is 7.91. The summed E-state index contributed by atoms with van der Waals surface area (Å²) in [5.41, 5.74) is 5.38. The van der Waals surface area contributed by atoms with Gasteiger partial charge in [-0.05, 0) is 24.6 Å². The van der Waals surface area contributed by atoms with Gasteiger partial charge in [-0.15, -0.1) is 0 Å². The number of hydrogen-bond acceptors (Lipinski definition) is 4. The fourth-order valence-electron chi connectivity index (χ4n) is 1.82. The van der Waals surface area contributed by atoms with Gasteiger partial charge in [0.2, 0.25) is 10.0 Å². The molecule has 3 N–H and O–H groups in total. The molecule has 1 heterocycles. The topological polar surface area (TPSA) is 83.6 Å². The van der Waals surface area contributed by atoms with Crippen LogP contribution in [0.3, 0.4) is 0 Å². The molecule has 7 heteroatoms. The second-order valence-electron chi connectivity index (χ2n) is 3.99. The van der Waals surface area contributed by atoms with Crippen molar-refractivity contribution in [1.82, 2.24) is 4.31 Å². The molecule has 1 aliphatic rings. The Morgan fingerprint density at radius 3 is 2.71 bits per heavy atom. The SMILES string of the molecule is Nc1cc(F)ccc1S(=O)(=O)N1CC[C@H](O)C1. The van der Waals surface area contributed by atoms with Crippen molar-refractivity contribution in [2.24, 2.45) is 0 Å². The third kappa shape index (κ3) is 2.26. The summed E-state index contributed by atoms with van der Waals surface area (Å²) in [6, 6.07) is 3.17. The van der Waals surface area contributed by atoms with Crippen molar-refractivity contribution in [2.45, 2.75) is 17.4 Å². The van der Waals surface area contributed by atoms with E-state index >= 15 is 0 Å². The molecule has 0 spiro atoms. The van der Waals surface area contributed by atoms with Crippen LogP contribution in [-0.2, 0) is 10.0 Å². The van der Waals surface area contributed by atoms with Crippen molar-refractivity contribution >= 4 is 15.7 Å². The maximum absolute atomic E-state index is 12.8. The number of aliphatic hydroxyl groups excluding tert-OH is 1. The number of sulfonamides is 1. The van der Waals surface area contributed by atoms with E-state index in [1.54, 1.807) is 0 Å². The van der Waals surface area contributed by atoms with Crippen LogP contribution in [0.2, 0.25) is 0 Å². The molecule has 0 radical (unpaired) electrons. The molecule has 17 heavy (non-hydrogen) atoms. The highest BCUT2D eigenvalue weighted by atomic mass is 32.2. The summed E-state index contributed by atoms with van der Waals surface area (Å²) < 4.78 is 38.2. The van der Waals surface area contributed by atoms with Crippen LogP contribution in [-0.4, -0.2) is 37.0 Å². The van der Waals surface area contributed by atoms with Gasteiger partial charge >= 0.3 is 0 Å². The van der Waals surface area contributed by atoms with E-state index in [0.29, 0.717) is 6.42 Å². The Kier molecular flexibility index (Phi) is 3.07. The molecule has 0 saturated carbocycles. The van der Waals surface area contributed by atoms with E-state index in [9.17, 15) is 17.9 Å². The van der Waals surface area contributed by atoms with Crippen molar-refractivity contribution in [3.63, 3.8) is 0 Å². The largest absolute Gasteiger partial charge is 0.398 e. The molecule has 1 aliphatic heterocycles. The van der Waals surface area contributed by atoms with E-state index in [1.165, 1.54) is 0 Å². The number of hydrogen-bond donors (Lipinski definition) is 2. The van der Waals surface area contributed by atoms with E-state index in [4.69, 9.17) is 5.73 Å². The van der Waals surface area contributed by atoms with Crippen molar-refractivity contribution in [1.29, 1.82) is 0 Å². The maximum atomic E-state index is 12.8. The lowest BCUT2D eigenvalue weighted by molar-refractivity contribution is 0.189. The average molecular weight is 260 g/mol. The number of aliphatic hydroxyl groups is 1. The molecule has 1 fully saturated rings. The smallest absolute Gasteiger partial charge is 0.245 e. The van der Waals surface area contributed by atoms with Gasteiger partial charge in [-0.1, -0.05) is 0 Å². The second-order valence-corrected chi connectivity index (χ2v) is 5.89. The monoisotopic (exact) mass is 260 g/mol. The number of anilines is 1. The van der Waals surface area contributed by atoms with Crippen LogP contribution < -0.4 is 5.73 Å². The van der Waals surface area contributed by atoms with E-state index in [0.717, 1.165) is 22.5 Å². The van der Waals surface area contributed by atoms with Crippen molar-refractivity contribution in [3.05, 3.63) is 24.0 Å². The summed E-state index contributed by atoms with van der Waals surface area (Å²) in [6.45, 7) is 0.305. The van der Waals surface area contributed by atoms with E-state index in [2.05, 4.69) is 0 Å². The highest BCUT2D eigenvalue weighted by molar-refractivity contribution is 7.89. The minimum atomic E-state index is -3.74. The molecule has 0 amide bonds. The Labute approximate surface area is 98.7 Å². The molecule has 0 aliphatic carbocycles. The lowest BCUT2D eigenvalue weighted by Gasteiger charge is -2.16. The van der Waals surface area contributed by atoms with Gasteiger partial charge in [-0.2, -0.15) is 4.31 Å². The number of β-amino-alcohol motifs (C(OH)–C–C–N with tert-alkyl or cyclic N) is 1. The molecule has 1 aromatic rings. The van der Waals surface area contributed by atoms with Gasteiger partial charge in [-0.25, -0.2) is 12.8 Å². The third-order valence-electron chi connectivity index (χ3n) is 2.72. The molecule has 0 aromatic heterocycles. The van der Waals surface area contributed by atoms with Gasteiger partial charge in [0.15, 0.2) is 0 Å². The van der Waals surface area contributed by atoms with Crippen LogP contribution in [0.15, 0.2) is 23.1 Å². The molecule has 5 nitrogen and oxygen atoms in total. The van der Waals surface area contributed by atoms with Crippen LogP contribution in [0.1, 0.15) is 6.42 Å². The predicted molar refractivity (Wildman–Crippen MR) is 60.2 cm³/mol. The maximum Gasteiger partial charge on any atom is 0.245 e. The van der Waals surface area contributed by atoms with E-state index in [1.807, 2.05) is 0 Å². The van der Waals surface area contributed by atoms with Crippen LogP contribution >= 0.6 is 0 Å². The van der Waals surface area contributed by atoms with Crippen molar-refractivity contribution in [2.75, 3.05) is 18.8 Å². The summed E-state index contributed by atoms with van der Waals surface area (Å²) in [5.74, 6) is -0.581. The molecule has 2 rings (SSSR count). The number of benzene rings is 1. The Morgan fingerprint density at radius 2 is 2.18 bits per heavy atom. The number of halogens is 1. The Balaban J connectivity index is 2.38. The minimum Gasteiger partial charge on any atom is -0.398 e. The summed E-state index contributed by atoms with van der Waals surface area (Å²) in [6.07, 6.45) is -0.244. The fourth-order valence-corrected chi connectivity index (χ4v) is 3.41. The lowest BCUT2D eigenvalue weighted by atomic mass is 10.3. The normalized spacial score (nSPS) is 21.9. The Bertz CT molecular complexity index is 532. The first-order valence-electron chi connectivity index (χ1n) is 5.14. The number of nitrogens with two attached hydrogens (primary N) is 1. The molecule has 1 saturated heterocycles. The van der Waals surface area contributed by atoms with Crippen LogP contribution in [0.4, 0.5) is 10.1 Å². The van der Waals surface area contributed by atoms with Crippen LogP contribution in [0.5, 0.6) is 0 Å². The summed E-state index contributed by atoms with van der Waals surface area (Å²) >= 11 is 0. The standard InChI is InChI=1S/C10H13FN2O3S/c11-7-1-2-10(9(12)5-7)17(15,16)13-4-3-8(14)6-13/h1-2,5,8,14H,3-4,6,12H2/t8-/m0/s1. The predicted octanol–water partition coefficient (Wildman–Crippen LogP) is 0.163. The van der Waals surface area contributed by atoms with Gasteiger partial charge in [-0.3, -0.25) is 0 Å². The Hall–Kier alpha value is -1.18. The zero-order valence-corrected chi connectivity index (χ0v) is 9.82. The van der Waals surface area contributed by atoms with E-state index in [-0.39, 0.29) is 23.7 Å². The highest BCUT2D eigenvalue weighted by Gasteiger charge is 2.32. The van der Waals surface area contributed by atoms with Crippen LogP contribution in [0.25, 0.3) is 0 Å². The summed E-state index contributed by atoms with van der Waals surface area (Å²) in [7, 11) is -3.74. The molecule has 0 unspecified atom stereocenters. The van der Waals surface area contributed by atoms with Crippen molar-refractivity contribution in [3.8, 4) is 0 Å². The van der Waals surface area contributed by atoms with E-state index < -0.39 is 21.9 Å². The molecule has 94 valence electrons. The quantitative estimate of drug-likeness (QED) is 0.742. The van der Waals surface area contributed by atoms with Gasteiger partial charge in [0.05, 0.1) is 11.8 Å². The zero-order valence-electron chi connectivity index (χ0n) is 9.01. The summed E-state index contributed by atoms with van der Waals surface area (Å²) in [5, 5.41) is 9.33. The molecule has 0 bridgehead atoms. The highest BCUT2D eigenvalue weighted by Crippen LogP contribution is 2.25. The van der Waals surface area contributed by atoms with Gasteiger partial charge in [0, 0.05) is 13.1 Å². The first-order valence-corrected chi connectivity index (χ1v) is 6.58. The fraction of sp³-hybridized carbons (Fsp3) is 0.400. The lowest BCUT2D eigenvalue weighted by Crippen LogP contribution is -2.30. The minimum absolute atomic E-state index is 0.0547. The molecular formula is C10H13FN2O3S. The average Bonchev–Trinajstić information content (AvgIpc) is 2.64. The number of nitrogens with zero attached hydrogens (tertiary/aromatic N) is 1. The summed E-state index contributed by atoms with van der Waals surface area (Å²) in [4.78, 5) is -0.118. The molecule has 1 atom stereocenters. The Morgan fingerprint density at radius 1 is 1.47 bits per heavy atom. The number of rotatable bonds is 2. The first kappa shape index (κ1) is 12.3. The zero-order chi connectivity index (χ0) is 12.6. The second kappa shape index (κ2) is 4.25. The van der Waals surface area contributed by atoms with Crippen molar-refractivity contribution < 1.29 is 17.9 Å². The van der Waals surface area contributed by atoms with Gasteiger partial charge < -0.3 is 10.8 Å². The van der Waals surface area contributed by atoms with Gasteiger partial charge in [0.25, 0.3) is 0 Å². The third-order valence-corrected chi connectivity index (χ3v) is 4.65. The molecular weight excluding hydrogens is 247 g/mol. The molecule has 1 aromatic carbocycles. The number of nitrogen functional groups attached to an aromatic ring is 1.